The molecule has 11 heteroatoms. The third kappa shape index (κ3) is 11.6. The van der Waals surface area contributed by atoms with E-state index in [1.807, 2.05) is 23.1 Å². The molecule has 0 atom stereocenters. The molecule has 10 nitrogen and oxygen atoms in total. The summed E-state index contributed by atoms with van der Waals surface area (Å²) >= 11 is 0. The van der Waals surface area contributed by atoms with Gasteiger partial charge in [0.15, 0.2) is 0 Å². The van der Waals surface area contributed by atoms with Crippen molar-refractivity contribution in [2.75, 3.05) is 31.1 Å². The normalized spacial score (nSPS) is 14.5. The molecule has 1 aromatic rings. The minimum atomic E-state index is -1.02. The molecule has 1 heterocycles. The lowest BCUT2D eigenvalue weighted by Crippen LogP contribution is -2.33. The predicted octanol–water partition coefficient (Wildman–Crippen LogP) is 4.64. The van der Waals surface area contributed by atoms with Crippen molar-refractivity contribution in [3.8, 4) is 0 Å². The Balaban J connectivity index is 0.000000369. The minimum absolute atomic E-state index is 0.131. The van der Waals surface area contributed by atoms with Crippen LogP contribution in [-0.2, 0) is 27.2 Å². The Morgan fingerprint density at radius 2 is 1.79 bits per heavy atom. The van der Waals surface area contributed by atoms with E-state index in [9.17, 15) is 28.7 Å². The highest BCUT2D eigenvalue weighted by atomic mass is 19.1. The van der Waals surface area contributed by atoms with Crippen LogP contribution in [0, 0.1) is 0 Å². The van der Waals surface area contributed by atoms with Crippen molar-refractivity contribution in [1.82, 2.24) is 15.1 Å². The zero-order valence-corrected chi connectivity index (χ0v) is 24.4. The number of aliphatic carboxylic acids is 1. The number of amides is 2. The molecule has 0 radical (unpaired) electrons. The zero-order chi connectivity index (χ0) is 31.2. The number of aldehydes is 1. The highest BCUT2D eigenvalue weighted by Gasteiger charge is 2.28. The number of hydrogen-bond acceptors (Lipinski definition) is 6. The Kier molecular flexibility index (Phi) is 13.5. The maximum Gasteiger partial charge on any atom is 0.411 e. The number of nitrogens with zero attached hydrogens (tertiary/aromatic N) is 3. The summed E-state index contributed by atoms with van der Waals surface area (Å²) in [7, 11) is 0. The molecule has 1 fully saturated rings. The molecule has 0 spiro atoms. The van der Waals surface area contributed by atoms with Crippen molar-refractivity contribution in [2.45, 2.75) is 58.4 Å². The van der Waals surface area contributed by atoms with E-state index in [1.165, 1.54) is 24.2 Å². The van der Waals surface area contributed by atoms with Gasteiger partial charge in [-0.15, -0.1) is 0 Å². The van der Waals surface area contributed by atoms with Crippen LogP contribution in [0.15, 0.2) is 66.9 Å². The number of benzene rings is 1. The maximum atomic E-state index is 13.8. The topological polar surface area (TPSA) is 130 Å². The number of allylic oxidation sites excluding steroid dienone is 3. The first-order valence-corrected chi connectivity index (χ1v) is 13.9. The number of halogens is 1. The molecule has 1 saturated carbocycles. The average Bonchev–Trinajstić information content (AvgIpc) is 3.77. The number of hydrogen-bond donors (Lipinski definition) is 3. The molecule has 0 aromatic heterocycles. The van der Waals surface area contributed by atoms with Crippen molar-refractivity contribution in [3.63, 3.8) is 0 Å². The van der Waals surface area contributed by atoms with Crippen LogP contribution in [0.3, 0.4) is 0 Å². The van der Waals surface area contributed by atoms with Gasteiger partial charge in [0.1, 0.15) is 12.1 Å². The largest absolute Gasteiger partial charge is 0.478 e. The smallest absolute Gasteiger partial charge is 0.411 e. The maximum absolute atomic E-state index is 13.8. The molecule has 3 rings (SSSR count). The van der Waals surface area contributed by atoms with E-state index in [1.54, 1.807) is 11.8 Å². The van der Waals surface area contributed by atoms with Crippen LogP contribution in [0.4, 0.5) is 14.9 Å². The van der Waals surface area contributed by atoms with Gasteiger partial charge in [-0.25, -0.2) is 14.0 Å². The predicted molar refractivity (Wildman–Crippen MR) is 160 cm³/mol. The van der Waals surface area contributed by atoms with Gasteiger partial charge in [-0.1, -0.05) is 19.2 Å². The third-order valence-corrected chi connectivity index (χ3v) is 6.71. The van der Waals surface area contributed by atoms with Gasteiger partial charge in [0, 0.05) is 75.4 Å². The van der Waals surface area contributed by atoms with Gasteiger partial charge < -0.3 is 30.1 Å². The quantitative estimate of drug-likeness (QED) is 0.132. The first kappa shape index (κ1) is 33.8. The second-order valence-corrected chi connectivity index (χ2v) is 10.2. The average molecular weight is 585 g/mol. The van der Waals surface area contributed by atoms with E-state index in [0.717, 1.165) is 42.8 Å². The standard InChI is InChI=1S/C21H28FN3O3.C10H13NO3/c1-15(2)20(22)14-24-11-7-17-5-6-19(13-18(17)8-12-24)25(21(27)28)10-4-9-23-16(3)26;1-8(5-7-12)11(9-2-3-9)6-4-10(13)14/h5-6,13-14H,1,4,7-12H2,2-3H3,(H,23,26)(H,27,28);4,6-7,9H,1-3,5H2,(H,13,14)/b20-14-;6-4+. The lowest BCUT2D eigenvalue weighted by atomic mass is 10.0. The fourth-order valence-corrected chi connectivity index (χ4v) is 4.32. The van der Waals surface area contributed by atoms with Gasteiger partial charge >= 0.3 is 12.1 Å². The van der Waals surface area contributed by atoms with E-state index in [0.29, 0.717) is 62.0 Å². The minimum Gasteiger partial charge on any atom is -0.478 e. The van der Waals surface area contributed by atoms with Crippen LogP contribution >= 0.6 is 0 Å². The zero-order valence-electron chi connectivity index (χ0n) is 24.4. The molecule has 2 amide bonds. The number of fused-ring (bicyclic) bond motifs is 1. The van der Waals surface area contributed by atoms with Crippen LogP contribution in [0.5, 0.6) is 0 Å². The van der Waals surface area contributed by atoms with Crippen LogP contribution in [-0.4, -0.2) is 76.5 Å². The van der Waals surface area contributed by atoms with Gasteiger partial charge in [0.25, 0.3) is 0 Å². The van der Waals surface area contributed by atoms with Crippen molar-refractivity contribution < 1.29 is 33.8 Å². The highest BCUT2D eigenvalue weighted by molar-refractivity contribution is 5.86. The third-order valence-electron chi connectivity index (χ3n) is 6.71. The van der Waals surface area contributed by atoms with Crippen molar-refractivity contribution in [3.05, 3.63) is 78.1 Å². The number of nitrogens with one attached hydrogen (secondary N) is 1. The van der Waals surface area contributed by atoms with Crippen molar-refractivity contribution in [1.29, 1.82) is 0 Å². The number of carbonyl (C=O) groups is 4. The molecular formula is C31H41FN4O6. The number of rotatable bonds is 13. The van der Waals surface area contributed by atoms with Crippen LogP contribution < -0.4 is 10.2 Å². The van der Waals surface area contributed by atoms with E-state index >= 15 is 0 Å². The second-order valence-electron chi connectivity index (χ2n) is 10.2. The van der Waals surface area contributed by atoms with Gasteiger partial charge in [0.2, 0.25) is 5.91 Å². The summed E-state index contributed by atoms with van der Waals surface area (Å²) in [6.45, 7) is 12.5. The molecule has 2 aliphatic rings. The van der Waals surface area contributed by atoms with E-state index in [4.69, 9.17) is 5.11 Å². The Bertz CT molecular complexity index is 1220. The van der Waals surface area contributed by atoms with Crippen molar-refractivity contribution >= 4 is 29.9 Å². The molecule has 3 N–H and O–H groups in total. The molecule has 1 aromatic carbocycles. The first-order chi connectivity index (χ1) is 19.9. The van der Waals surface area contributed by atoms with Crippen LogP contribution in [0.25, 0.3) is 0 Å². The molecule has 228 valence electrons. The number of carboxylic acids is 1. The Morgan fingerprint density at radius 1 is 1.12 bits per heavy atom. The monoisotopic (exact) mass is 584 g/mol. The lowest BCUT2D eigenvalue weighted by Gasteiger charge is -2.21. The molecule has 0 bridgehead atoms. The molecule has 0 saturated heterocycles. The summed E-state index contributed by atoms with van der Waals surface area (Å²) in [4.78, 5) is 48.2. The molecular weight excluding hydrogens is 543 g/mol. The summed E-state index contributed by atoms with van der Waals surface area (Å²) in [5.74, 6) is -1.44. The lowest BCUT2D eigenvalue weighted by molar-refractivity contribution is -0.131. The SMILES string of the molecule is C=C(C)/C(F)=C/N1CCc2ccc(N(CCCNC(C)=O)C(=O)O)cc2CC1.C=C(CC=O)N(/C=C/C(=O)O)C1CC1. The number of carboxylic acid groups (broad SMARTS) is 2. The molecule has 42 heavy (non-hydrogen) atoms. The highest BCUT2D eigenvalue weighted by Crippen LogP contribution is 2.30. The summed E-state index contributed by atoms with van der Waals surface area (Å²) in [6.07, 6.45) is 8.11. The molecule has 1 aliphatic carbocycles. The van der Waals surface area contributed by atoms with E-state index in [-0.39, 0.29) is 18.2 Å². The van der Waals surface area contributed by atoms with E-state index in [2.05, 4.69) is 18.5 Å². The van der Waals surface area contributed by atoms with Crippen LogP contribution in [0.1, 0.15) is 50.7 Å². The second kappa shape index (κ2) is 16.8. The van der Waals surface area contributed by atoms with Gasteiger partial charge in [-0.05, 0) is 67.9 Å². The summed E-state index contributed by atoms with van der Waals surface area (Å²) in [6, 6.07) is 6.00. The fourth-order valence-electron chi connectivity index (χ4n) is 4.32. The van der Waals surface area contributed by atoms with Crippen LogP contribution in [0.2, 0.25) is 0 Å². The van der Waals surface area contributed by atoms with Gasteiger partial charge in [0.05, 0.1) is 0 Å². The summed E-state index contributed by atoms with van der Waals surface area (Å²) in [5, 5.41) is 20.7. The summed E-state index contributed by atoms with van der Waals surface area (Å²) < 4.78 is 13.8. The Labute approximate surface area is 246 Å². The number of anilines is 1. The summed E-state index contributed by atoms with van der Waals surface area (Å²) in [5.41, 5.74) is 3.91. The van der Waals surface area contributed by atoms with Crippen molar-refractivity contribution in [2.24, 2.45) is 0 Å². The fraction of sp³-hybridized carbons (Fsp3) is 0.419. The Morgan fingerprint density at radius 3 is 2.33 bits per heavy atom. The van der Waals surface area contributed by atoms with Gasteiger partial charge in [-0.3, -0.25) is 9.69 Å². The van der Waals surface area contributed by atoms with E-state index < -0.39 is 12.1 Å². The molecule has 0 unspecified atom stereocenters. The Hall–Kier alpha value is -4.41. The van der Waals surface area contributed by atoms with Gasteiger partial charge in [-0.2, -0.15) is 0 Å². The first-order valence-electron chi connectivity index (χ1n) is 13.9. The molecule has 1 aliphatic heterocycles. The number of carbonyl (C=O) groups excluding carboxylic acids is 2.